The summed E-state index contributed by atoms with van der Waals surface area (Å²) in [5.41, 5.74) is 1.11. The lowest BCUT2D eigenvalue weighted by molar-refractivity contribution is 0.187. The maximum atomic E-state index is 4.33. The third-order valence-electron chi connectivity index (χ3n) is 4.62. The lowest BCUT2D eigenvalue weighted by Crippen LogP contribution is -2.40. The summed E-state index contributed by atoms with van der Waals surface area (Å²) in [5.74, 6) is 1.75. The highest BCUT2D eigenvalue weighted by molar-refractivity contribution is 5.79. The van der Waals surface area contributed by atoms with Crippen molar-refractivity contribution < 1.29 is 0 Å². The Labute approximate surface area is 140 Å². The standard InChI is InChI=1S/C18H31N5/c1-3-23-14-9-16(10-15-23)7-12-21-18(19-2)22-13-8-17-6-4-5-11-20-17/h4-6,11,16H,3,7-10,12-15H2,1-2H3,(H2,19,21,22). The Morgan fingerprint density at radius 2 is 2.04 bits per heavy atom. The molecule has 1 aliphatic rings. The molecular weight excluding hydrogens is 286 g/mol. The van der Waals surface area contributed by atoms with Gasteiger partial charge in [-0.1, -0.05) is 13.0 Å². The lowest BCUT2D eigenvalue weighted by Gasteiger charge is -2.31. The number of hydrogen-bond acceptors (Lipinski definition) is 3. The van der Waals surface area contributed by atoms with E-state index in [2.05, 4.69) is 38.5 Å². The molecule has 23 heavy (non-hydrogen) atoms. The number of hydrogen-bond donors (Lipinski definition) is 2. The van der Waals surface area contributed by atoms with Gasteiger partial charge in [0.1, 0.15) is 0 Å². The van der Waals surface area contributed by atoms with Gasteiger partial charge in [-0.3, -0.25) is 9.98 Å². The Morgan fingerprint density at radius 3 is 2.70 bits per heavy atom. The second kappa shape index (κ2) is 10.2. The van der Waals surface area contributed by atoms with Crippen molar-refractivity contribution in [2.24, 2.45) is 10.9 Å². The quantitative estimate of drug-likeness (QED) is 0.596. The predicted molar refractivity (Wildman–Crippen MR) is 96.8 cm³/mol. The fourth-order valence-corrected chi connectivity index (χ4v) is 3.06. The van der Waals surface area contributed by atoms with Gasteiger partial charge in [-0.05, 0) is 56.9 Å². The number of pyridine rings is 1. The van der Waals surface area contributed by atoms with Crippen LogP contribution in [0.1, 0.15) is 31.9 Å². The molecule has 1 aromatic rings. The summed E-state index contributed by atoms with van der Waals surface area (Å²) < 4.78 is 0. The molecule has 0 atom stereocenters. The number of aliphatic imine (C=N–C) groups is 1. The molecule has 0 saturated carbocycles. The second-order valence-corrected chi connectivity index (χ2v) is 6.16. The summed E-state index contributed by atoms with van der Waals surface area (Å²) in [4.78, 5) is 11.2. The first-order chi connectivity index (χ1) is 11.3. The summed E-state index contributed by atoms with van der Waals surface area (Å²) in [6.45, 7) is 7.82. The molecule has 1 aromatic heterocycles. The van der Waals surface area contributed by atoms with Gasteiger partial charge in [-0.2, -0.15) is 0 Å². The highest BCUT2D eigenvalue weighted by atomic mass is 15.2. The van der Waals surface area contributed by atoms with Gasteiger partial charge in [0.2, 0.25) is 0 Å². The molecule has 0 aromatic carbocycles. The summed E-state index contributed by atoms with van der Waals surface area (Å²) in [6.07, 6.45) is 6.66. The number of nitrogens with one attached hydrogen (secondary N) is 2. The zero-order chi connectivity index (χ0) is 16.3. The molecule has 0 bridgehead atoms. The van der Waals surface area contributed by atoms with E-state index in [1.807, 2.05) is 25.4 Å². The first-order valence-electron chi connectivity index (χ1n) is 8.88. The lowest BCUT2D eigenvalue weighted by atomic mass is 9.93. The van der Waals surface area contributed by atoms with Crippen LogP contribution in [0.5, 0.6) is 0 Å². The van der Waals surface area contributed by atoms with Crippen LogP contribution in [0, 0.1) is 5.92 Å². The van der Waals surface area contributed by atoms with Gasteiger partial charge in [0.15, 0.2) is 5.96 Å². The number of aromatic nitrogens is 1. The van der Waals surface area contributed by atoms with Crippen LogP contribution >= 0.6 is 0 Å². The number of rotatable bonds is 7. The molecule has 0 radical (unpaired) electrons. The summed E-state index contributed by atoms with van der Waals surface area (Å²) in [6, 6.07) is 6.03. The molecule has 5 heteroatoms. The van der Waals surface area contributed by atoms with Gasteiger partial charge in [0.25, 0.3) is 0 Å². The van der Waals surface area contributed by atoms with E-state index in [0.29, 0.717) is 0 Å². The maximum Gasteiger partial charge on any atom is 0.190 e. The van der Waals surface area contributed by atoms with Crippen LogP contribution in [0.15, 0.2) is 29.4 Å². The zero-order valence-electron chi connectivity index (χ0n) is 14.6. The second-order valence-electron chi connectivity index (χ2n) is 6.16. The molecule has 128 valence electrons. The van der Waals surface area contributed by atoms with E-state index >= 15 is 0 Å². The van der Waals surface area contributed by atoms with Crippen LogP contribution in [-0.2, 0) is 6.42 Å². The van der Waals surface area contributed by atoms with Crippen molar-refractivity contribution in [1.29, 1.82) is 0 Å². The van der Waals surface area contributed by atoms with Crippen LogP contribution < -0.4 is 10.6 Å². The first-order valence-corrected chi connectivity index (χ1v) is 8.88. The van der Waals surface area contributed by atoms with E-state index in [1.54, 1.807) is 0 Å². The normalized spacial score (nSPS) is 17.2. The molecule has 2 heterocycles. The summed E-state index contributed by atoms with van der Waals surface area (Å²) in [7, 11) is 1.83. The van der Waals surface area contributed by atoms with Gasteiger partial charge in [0.05, 0.1) is 0 Å². The molecular formula is C18H31N5. The Bertz CT molecular complexity index is 452. The van der Waals surface area contributed by atoms with Gasteiger partial charge < -0.3 is 15.5 Å². The van der Waals surface area contributed by atoms with Crippen LogP contribution in [0.2, 0.25) is 0 Å². The highest BCUT2D eigenvalue weighted by Gasteiger charge is 2.17. The fraction of sp³-hybridized carbons (Fsp3) is 0.667. The van der Waals surface area contributed by atoms with Crippen LogP contribution in [0.25, 0.3) is 0 Å². The fourth-order valence-electron chi connectivity index (χ4n) is 3.06. The van der Waals surface area contributed by atoms with Crippen molar-refractivity contribution in [2.45, 2.75) is 32.6 Å². The number of likely N-dealkylation sites (tertiary alicyclic amines) is 1. The third kappa shape index (κ3) is 6.57. The average molecular weight is 317 g/mol. The van der Waals surface area contributed by atoms with Crippen LogP contribution in [0.3, 0.4) is 0 Å². The van der Waals surface area contributed by atoms with Gasteiger partial charge >= 0.3 is 0 Å². The highest BCUT2D eigenvalue weighted by Crippen LogP contribution is 2.19. The van der Waals surface area contributed by atoms with E-state index < -0.39 is 0 Å². The van der Waals surface area contributed by atoms with E-state index in [4.69, 9.17) is 0 Å². The predicted octanol–water partition coefficient (Wildman–Crippen LogP) is 1.91. The van der Waals surface area contributed by atoms with E-state index in [-0.39, 0.29) is 0 Å². The molecule has 1 fully saturated rings. The molecule has 5 nitrogen and oxygen atoms in total. The number of nitrogens with zero attached hydrogens (tertiary/aromatic N) is 3. The van der Waals surface area contributed by atoms with Crippen LogP contribution in [0.4, 0.5) is 0 Å². The van der Waals surface area contributed by atoms with Crippen molar-refractivity contribution in [3.05, 3.63) is 30.1 Å². The molecule has 0 unspecified atom stereocenters. The SMILES string of the molecule is CCN1CCC(CCNC(=NC)NCCc2ccccn2)CC1. The van der Waals surface area contributed by atoms with Crippen molar-refractivity contribution in [3.8, 4) is 0 Å². The summed E-state index contributed by atoms with van der Waals surface area (Å²) >= 11 is 0. The monoisotopic (exact) mass is 317 g/mol. The summed E-state index contributed by atoms with van der Waals surface area (Å²) in [5, 5.41) is 6.80. The molecule has 2 N–H and O–H groups in total. The topological polar surface area (TPSA) is 52.5 Å². The minimum atomic E-state index is 0.853. The van der Waals surface area contributed by atoms with Gasteiger partial charge in [-0.15, -0.1) is 0 Å². The third-order valence-corrected chi connectivity index (χ3v) is 4.62. The number of guanidine groups is 1. The smallest absolute Gasteiger partial charge is 0.190 e. The van der Waals surface area contributed by atoms with Crippen molar-refractivity contribution in [1.82, 2.24) is 20.5 Å². The minimum absolute atomic E-state index is 0.853. The maximum absolute atomic E-state index is 4.33. The van der Waals surface area contributed by atoms with Gasteiger partial charge in [0, 0.05) is 38.4 Å². The van der Waals surface area contributed by atoms with Crippen molar-refractivity contribution >= 4 is 5.96 Å². The molecule has 2 rings (SSSR count). The minimum Gasteiger partial charge on any atom is -0.356 e. The molecule has 0 amide bonds. The largest absolute Gasteiger partial charge is 0.356 e. The average Bonchev–Trinajstić information content (AvgIpc) is 2.62. The van der Waals surface area contributed by atoms with E-state index in [9.17, 15) is 0 Å². The van der Waals surface area contributed by atoms with Gasteiger partial charge in [-0.25, -0.2) is 0 Å². The molecule has 1 saturated heterocycles. The Kier molecular flexibility index (Phi) is 7.87. The van der Waals surface area contributed by atoms with Crippen molar-refractivity contribution in [3.63, 3.8) is 0 Å². The first kappa shape index (κ1) is 17.7. The zero-order valence-corrected chi connectivity index (χ0v) is 14.6. The Hall–Kier alpha value is -1.62. The van der Waals surface area contributed by atoms with E-state index in [0.717, 1.165) is 37.1 Å². The van der Waals surface area contributed by atoms with E-state index in [1.165, 1.54) is 38.9 Å². The molecule has 0 spiro atoms. The molecule has 1 aliphatic heterocycles. The molecule has 0 aliphatic carbocycles. The van der Waals surface area contributed by atoms with Crippen molar-refractivity contribution in [2.75, 3.05) is 39.8 Å². The van der Waals surface area contributed by atoms with Crippen LogP contribution in [-0.4, -0.2) is 55.6 Å². The Morgan fingerprint density at radius 1 is 1.26 bits per heavy atom. The Balaban J connectivity index is 1.58. The number of piperidine rings is 1.